The van der Waals surface area contributed by atoms with Crippen LogP contribution in [0.4, 0.5) is 0 Å². The fourth-order valence-electron chi connectivity index (χ4n) is 0.708. The lowest BCUT2D eigenvalue weighted by Crippen LogP contribution is -2.45. The van der Waals surface area contributed by atoms with Crippen molar-refractivity contribution >= 4 is 16.2 Å². The van der Waals surface area contributed by atoms with Crippen LogP contribution in [0.25, 0.3) is 0 Å². The van der Waals surface area contributed by atoms with Crippen LogP contribution in [0.5, 0.6) is 0 Å². The Balaban J connectivity index is 4.45. The van der Waals surface area contributed by atoms with Crippen LogP contribution < -0.4 is 4.72 Å². The summed E-state index contributed by atoms with van der Waals surface area (Å²) in [6.07, 6.45) is 0. The zero-order chi connectivity index (χ0) is 11.4. The van der Waals surface area contributed by atoms with Crippen LogP contribution in [0, 0.1) is 0 Å². The third kappa shape index (κ3) is 3.60. The molecule has 0 saturated heterocycles. The Kier molecular flexibility index (Phi) is 5.03. The van der Waals surface area contributed by atoms with Gasteiger partial charge in [0.2, 0.25) is 0 Å². The molecule has 6 nitrogen and oxygen atoms in total. The van der Waals surface area contributed by atoms with Crippen LogP contribution in [0.15, 0.2) is 0 Å². The van der Waals surface area contributed by atoms with E-state index in [9.17, 15) is 13.2 Å². The Bertz CT molecular complexity index is 288. The fourth-order valence-corrected chi connectivity index (χ4v) is 1.77. The van der Waals surface area contributed by atoms with Gasteiger partial charge in [-0.2, -0.15) is 17.4 Å². The van der Waals surface area contributed by atoms with Crippen molar-refractivity contribution in [3.63, 3.8) is 0 Å². The van der Waals surface area contributed by atoms with Crippen LogP contribution >= 0.6 is 0 Å². The van der Waals surface area contributed by atoms with E-state index < -0.39 is 22.2 Å². The van der Waals surface area contributed by atoms with E-state index in [1.54, 1.807) is 6.92 Å². The summed E-state index contributed by atoms with van der Waals surface area (Å²) >= 11 is 0. The zero-order valence-electron chi connectivity index (χ0n) is 8.77. The minimum atomic E-state index is -3.58. The standard InChI is InChI=1S/C7H16N2O4S/c1-5-9(3)14(11,12)8-6(2)7(10)13-4/h6,8H,5H2,1-4H3/t6-/m0/s1. The molecule has 0 heterocycles. The first-order chi connectivity index (χ1) is 6.35. The van der Waals surface area contributed by atoms with E-state index in [1.165, 1.54) is 21.1 Å². The van der Waals surface area contributed by atoms with Crippen molar-refractivity contribution in [3.8, 4) is 0 Å². The van der Waals surface area contributed by atoms with Gasteiger partial charge in [-0.25, -0.2) is 0 Å². The minimum Gasteiger partial charge on any atom is -0.468 e. The summed E-state index contributed by atoms with van der Waals surface area (Å²) < 4.78 is 30.5. The van der Waals surface area contributed by atoms with Gasteiger partial charge in [-0.05, 0) is 6.92 Å². The van der Waals surface area contributed by atoms with Gasteiger partial charge in [-0.15, -0.1) is 0 Å². The molecule has 0 radical (unpaired) electrons. The number of nitrogens with one attached hydrogen (secondary N) is 1. The van der Waals surface area contributed by atoms with E-state index in [1.807, 2.05) is 0 Å². The lowest BCUT2D eigenvalue weighted by molar-refractivity contribution is -0.142. The first-order valence-electron chi connectivity index (χ1n) is 4.16. The van der Waals surface area contributed by atoms with Crippen molar-refractivity contribution in [3.05, 3.63) is 0 Å². The minimum absolute atomic E-state index is 0.337. The number of methoxy groups -OCH3 is 1. The van der Waals surface area contributed by atoms with Crippen LogP contribution in [0.2, 0.25) is 0 Å². The van der Waals surface area contributed by atoms with Crippen molar-refractivity contribution in [1.29, 1.82) is 0 Å². The average molecular weight is 224 g/mol. The van der Waals surface area contributed by atoms with E-state index in [4.69, 9.17) is 0 Å². The highest BCUT2D eigenvalue weighted by Gasteiger charge is 2.23. The molecule has 0 bridgehead atoms. The molecule has 0 aliphatic rings. The van der Waals surface area contributed by atoms with Crippen molar-refractivity contribution in [2.75, 3.05) is 20.7 Å². The summed E-state index contributed by atoms with van der Waals surface area (Å²) in [7, 11) is -0.954. The second-order valence-electron chi connectivity index (χ2n) is 2.78. The number of nitrogens with zero attached hydrogens (tertiary/aromatic N) is 1. The summed E-state index contributed by atoms with van der Waals surface area (Å²) in [5, 5.41) is 0. The highest BCUT2D eigenvalue weighted by molar-refractivity contribution is 7.87. The molecule has 1 atom stereocenters. The van der Waals surface area contributed by atoms with Gasteiger partial charge in [0.05, 0.1) is 7.11 Å². The molecule has 0 aromatic heterocycles. The predicted octanol–water partition coefficient (Wildman–Crippen LogP) is -0.666. The third-order valence-electron chi connectivity index (χ3n) is 1.74. The Morgan fingerprint density at radius 1 is 1.57 bits per heavy atom. The number of carbonyl (C=O) groups excluding carboxylic acids is 1. The van der Waals surface area contributed by atoms with Gasteiger partial charge < -0.3 is 4.74 Å². The van der Waals surface area contributed by atoms with Crippen molar-refractivity contribution in [2.45, 2.75) is 19.9 Å². The summed E-state index contributed by atoms with van der Waals surface area (Å²) in [6, 6.07) is -0.876. The highest BCUT2D eigenvalue weighted by Crippen LogP contribution is 1.96. The fraction of sp³-hybridized carbons (Fsp3) is 0.857. The van der Waals surface area contributed by atoms with E-state index >= 15 is 0 Å². The lowest BCUT2D eigenvalue weighted by Gasteiger charge is -2.18. The second kappa shape index (κ2) is 5.28. The third-order valence-corrected chi connectivity index (χ3v) is 3.47. The molecule has 0 rings (SSSR count). The SMILES string of the molecule is CCN(C)S(=O)(=O)N[C@@H](C)C(=O)OC. The Labute approximate surface area is 84.4 Å². The predicted molar refractivity (Wildman–Crippen MR) is 51.8 cm³/mol. The molecule has 0 spiro atoms. The molecule has 84 valence electrons. The lowest BCUT2D eigenvalue weighted by atomic mass is 10.4. The number of ether oxygens (including phenoxy) is 1. The van der Waals surface area contributed by atoms with Gasteiger partial charge in [-0.1, -0.05) is 6.92 Å². The van der Waals surface area contributed by atoms with Gasteiger partial charge in [0.15, 0.2) is 0 Å². The molecule has 7 heteroatoms. The van der Waals surface area contributed by atoms with Crippen molar-refractivity contribution in [1.82, 2.24) is 9.03 Å². The molecule has 0 aliphatic heterocycles. The number of hydrogen-bond donors (Lipinski definition) is 1. The molecule has 0 saturated carbocycles. The molecule has 0 fully saturated rings. The average Bonchev–Trinajstić information content (AvgIpc) is 2.14. The van der Waals surface area contributed by atoms with Crippen LogP contribution in [0.3, 0.4) is 0 Å². The van der Waals surface area contributed by atoms with Crippen molar-refractivity contribution in [2.24, 2.45) is 0 Å². The summed E-state index contributed by atoms with van der Waals surface area (Å²) in [5.74, 6) is -0.613. The van der Waals surface area contributed by atoms with Crippen LogP contribution in [0.1, 0.15) is 13.8 Å². The molecule has 14 heavy (non-hydrogen) atoms. The summed E-state index contributed by atoms with van der Waals surface area (Å²) in [6.45, 7) is 3.46. The van der Waals surface area contributed by atoms with E-state index in [0.29, 0.717) is 6.54 Å². The van der Waals surface area contributed by atoms with Crippen molar-refractivity contribution < 1.29 is 17.9 Å². The Morgan fingerprint density at radius 3 is 2.43 bits per heavy atom. The first-order valence-corrected chi connectivity index (χ1v) is 5.60. The largest absolute Gasteiger partial charge is 0.468 e. The van der Waals surface area contributed by atoms with Gasteiger partial charge in [0.25, 0.3) is 10.2 Å². The normalized spacial score (nSPS) is 14.1. The number of carbonyl (C=O) groups is 1. The van der Waals surface area contributed by atoms with E-state index in [2.05, 4.69) is 9.46 Å². The van der Waals surface area contributed by atoms with Gasteiger partial charge in [0.1, 0.15) is 6.04 Å². The summed E-state index contributed by atoms with van der Waals surface area (Å²) in [5.41, 5.74) is 0. The molecule has 0 amide bonds. The Hall–Kier alpha value is -0.660. The number of esters is 1. The summed E-state index contributed by atoms with van der Waals surface area (Å²) in [4.78, 5) is 10.9. The monoisotopic (exact) mass is 224 g/mol. The molecule has 0 aromatic carbocycles. The smallest absolute Gasteiger partial charge is 0.323 e. The highest BCUT2D eigenvalue weighted by atomic mass is 32.2. The van der Waals surface area contributed by atoms with E-state index in [-0.39, 0.29) is 0 Å². The maximum absolute atomic E-state index is 11.4. The maximum Gasteiger partial charge on any atom is 0.323 e. The number of rotatable bonds is 5. The molecule has 1 N–H and O–H groups in total. The maximum atomic E-state index is 11.4. The van der Waals surface area contributed by atoms with Crippen LogP contribution in [-0.4, -0.2) is 45.4 Å². The van der Waals surface area contributed by atoms with Gasteiger partial charge in [-0.3, -0.25) is 4.79 Å². The second-order valence-corrected chi connectivity index (χ2v) is 4.59. The zero-order valence-corrected chi connectivity index (χ0v) is 9.59. The molecule has 0 aliphatic carbocycles. The molecule has 0 aromatic rings. The topological polar surface area (TPSA) is 75.7 Å². The molecular formula is C7H16N2O4S. The van der Waals surface area contributed by atoms with Gasteiger partial charge >= 0.3 is 5.97 Å². The number of hydrogen-bond acceptors (Lipinski definition) is 4. The Morgan fingerprint density at radius 2 is 2.07 bits per heavy atom. The van der Waals surface area contributed by atoms with Gasteiger partial charge in [0, 0.05) is 13.6 Å². The molecular weight excluding hydrogens is 208 g/mol. The quantitative estimate of drug-likeness (QED) is 0.629. The molecule has 0 unspecified atom stereocenters. The first kappa shape index (κ1) is 13.3. The van der Waals surface area contributed by atoms with E-state index in [0.717, 1.165) is 4.31 Å². The van der Waals surface area contributed by atoms with Crippen LogP contribution in [-0.2, 0) is 19.7 Å².